The fourth-order valence-corrected chi connectivity index (χ4v) is 2.92. The number of aliphatic hydroxyl groups is 1. The first-order chi connectivity index (χ1) is 8.49. The van der Waals surface area contributed by atoms with Crippen molar-refractivity contribution < 1.29 is 14.6 Å². The molecule has 0 aromatic heterocycles. The third kappa shape index (κ3) is 2.66. The molecule has 2 aliphatic rings. The summed E-state index contributed by atoms with van der Waals surface area (Å²) < 4.78 is 5.39. The Morgan fingerprint density at radius 1 is 1.33 bits per heavy atom. The minimum atomic E-state index is -0.505. The van der Waals surface area contributed by atoms with Gasteiger partial charge < -0.3 is 9.84 Å². The summed E-state index contributed by atoms with van der Waals surface area (Å²) in [5, 5.41) is 10.3. The van der Waals surface area contributed by atoms with E-state index in [4.69, 9.17) is 4.74 Å². The van der Waals surface area contributed by atoms with E-state index in [0.717, 1.165) is 12.8 Å². The van der Waals surface area contributed by atoms with Crippen LogP contribution in [-0.2, 0) is 9.53 Å². The van der Waals surface area contributed by atoms with Crippen LogP contribution in [0.2, 0.25) is 0 Å². The smallest absolute Gasteiger partial charge is 0.309 e. The van der Waals surface area contributed by atoms with Crippen molar-refractivity contribution in [1.82, 2.24) is 0 Å². The van der Waals surface area contributed by atoms with Crippen LogP contribution in [0.3, 0.4) is 0 Å². The molecule has 0 aromatic carbocycles. The van der Waals surface area contributed by atoms with Crippen LogP contribution in [0, 0.1) is 11.8 Å². The fourth-order valence-electron chi connectivity index (χ4n) is 2.92. The highest BCUT2D eigenvalue weighted by atomic mass is 16.6. The van der Waals surface area contributed by atoms with Gasteiger partial charge in [0.2, 0.25) is 0 Å². The standard InChI is InChI=1S/C15H22O3/c1-9-5-4-6-10(2)8-13-14(12(16)7-9)11(3)15(17)18-13/h5,8,11-14,16H,4,6-7H2,1-3H3/b9-5+,10-8+/t11-,12-,13+,14+/m0/s1. The Bertz CT molecular complexity index is 395. The number of carbonyl (C=O) groups excluding carboxylic acids is 1. The zero-order valence-corrected chi connectivity index (χ0v) is 11.3. The van der Waals surface area contributed by atoms with Crippen LogP contribution in [0.1, 0.15) is 40.0 Å². The van der Waals surface area contributed by atoms with Gasteiger partial charge in [0.1, 0.15) is 6.10 Å². The highest BCUT2D eigenvalue weighted by Gasteiger charge is 2.44. The minimum absolute atomic E-state index is 0.117. The maximum atomic E-state index is 11.7. The monoisotopic (exact) mass is 250 g/mol. The summed E-state index contributed by atoms with van der Waals surface area (Å²) in [6.07, 6.45) is 6.05. The Balaban J connectivity index is 2.30. The van der Waals surface area contributed by atoms with Crippen LogP contribution in [0.15, 0.2) is 23.3 Å². The molecule has 0 saturated carbocycles. The van der Waals surface area contributed by atoms with Gasteiger partial charge in [-0.15, -0.1) is 0 Å². The molecule has 4 atom stereocenters. The van der Waals surface area contributed by atoms with Crippen molar-refractivity contribution in [3.63, 3.8) is 0 Å². The van der Waals surface area contributed by atoms with Crippen molar-refractivity contribution in [1.29, 1.82) is 0 Å². The van der Waals surface area contributed by atoms with Gasteiger partial charge in [0.05, 0.1) is 12.0 Å². The molecule has 3 nitrogen and oxygen atoms in total. The molecular weight excluding hydrogens is 228 g/mol. The van der Waals surface area contributed by atoms with E-state index < -0.39 is 6.10 Å². The summed E-state index contributed by atoms with van der Waals surface area (Å²) in [4.78, 5) is 11.7. The maximum Gasteiger partial charge on any atom is 0.309 e. The number of carbonyl (C=O) groups is 1. The summed E-state index contributed by atoms with van der Waals surface area (Å²) in [6.45, 7) is 5.95. The molecule has 2 rings (SSSR count). The fraction of sp³-hybridized carbons (Fsp3) is 0.667. The quantitative estimate of drug-likeness (QED) is 0.531. The number of hydrogen-bond acceptors (Lipinski definition) is 3. The Kier molecular flexibility index (Phi) is 3.91. The summed E-state index contributed by atoms with van der Waals surface area (Å²) in [5.74, 6) is -0.524. The van der Waals surface area contributed by atoms with Crippen molar-refractivity contribution in [3.8, 4) is 0 Å². The molecule has 1 heterocycles. The maximum absolute atomic E-state index is 11.7. The predicted octanol–water partition coefficient (Wildman–Crippen LogP) is 2.60. The normalized spacial score (nSPS) is 43.2. The molecule has 0 bridgehead atoms. The van der Waals surface area contributed by atoms with Gasteiger partial charge in [-0.3, -0.25) is 4.79 Å². The van der Waals surface area contributed by atoms with E-state index in [9.17, 15) is 9.90 Å². The van der Waals surface area contributed by atoms with E-state index in [1.807, 2.05) is 19.9 Å². The van der Waals surface area contributed by atoms with Crippen molar-refractivity contribution in [2.45, 2.75) is 52.2 Å². The number of hydrogen-bond donors (Lipinski definition) is 1. The van der Waals surface area contributed by atoms with Gasteiger partial charge in [-0.05, 0) is 39.2 Å². The van der Waals surface area contributed by atoms with Crippen LogP contribution in [0.25, 0.3) is 0 Å². The third-order valence-corrected chi connectivity index (χ3v) is 4.04. The number of fused-ring (bicyclic) bond motifs is 1. The molecule has 3 heteroatoms. The number of rotatable bonds is 0. The first kappa shape index (κ1) is 13.3. The van der Waals surface area contributed by atoms with Crippen LogP contribution >= 0.6 is 0 Å². The van der Waals surface area contributed by atoms with Gasteiger partial charge >= 0.3 is 5.97 Å². The van der Waals surface area contributed by atoms with Crippen molar-refractivity contribution >= 4 is 5.97 Å². The van der Waals surface area contributed by atoms with E-state index in [1.165, 1.54) is 11.1 Å². The zero-order valence-electron chi connectivity index (χ0n) is 11.3. The molecule has 0 radical (unpaired) electrons. The molecule has 1 aliphatic carbocycles. The molecular formula is C15H22O3. The number of aliphatic hydroxyl groups excluding tert-OH is 1. The lowest BCUT2D eigenvalue weighted by Gasteiger charge is -2.24. The highest BCUT2D eigenvalue weighted by Crippen LogP contribution is 2.35. The Morgan fingerprint density at radius 3 is 2.78 bits per heavy atom. The van der Waals surface area contributed by atoms with Crippen molar-refractivity contribution in [2.75, 3.05) is 0 Å². The molecule has 1 fully saturated rings. The molecule has 100 valence electrons. The summed E-state index contributed by atoms with van der Waals surface area (Å²) in [6, 6.07) is 0. The second-order valence-electron chi connectivity index (χ2n) is 5.64. The molecule has 18 heavy (non-hydrogen) atoms. The highest BCUT2D eigenvalue weighted by molar-refractivity contribution is 5.75. The number of ether oxygens (including phenoxy) is 1. The lowest BCUT2D eigenvalue weighted by atomic mass is 9.82. The Labute approximate surface area is 109 Å². The second-order valence-corrected chi connectivity index (χ2v) is 5.64. The third-order valence-electron chi connectivity index (χ3n) is 4.04. The summed E-state index contributed by atoms with van der Waals surface area (Å²) in [7, 11) is 0. The zero-order chi connectivity index (χ0) is 13.3. The van der Waals surface area contributed by atoms with Crippen LogP contribution in [0.5, 0.6) is 0 Å². The minimum Gasteiger partial charge on any atom is -0.457 e. The van der Waals surface area contributed by atoms with Crippen molar-refractivity contribution in [3.05, 3.63) is 23.3 Å². The first-order valence-electron chi connectivity index (χ1n) is 6.70. The molecule has 1 saturated heterocycles. The van der Waals surface area contributed by atoms with Gasteiger partial charge in [-0.25, -0.2) is 0 Å². The van der Waals surface area contributed by atoms with Gasteiger partial charge in [-0.1, -0.05) is 24.1 Å². The lowest BCUT2D eigenvalue weighted by molar-refractivity contribution is -0.142. The van der Waals surface area contributed by atoms with Crippen LogP contribution in [-0.4, -0.2) is 23.3 Å². The van der Waals surface area contributed by atoms with Gasteiger partial charge in [-0.2, -0.15) is 0 Å². The van der Waals surface area contributed by atoms with Crippen LogP contribution < -0.4 is 0 Å². The van der Waals surface area contributed by atoms with Gasteiger partial charge in [0, 0.05) is 5.92 Å². The van der Waals surface area contributed by atoms with Gasteiger partial charge in [0.15, 0.2) is 0 Å². The Morgan fingerprint density at radius 2 is 2.06 bits per heavy atom. The molecule has 0 amide bonds. The number of allylic oxidation sites excluding steroid dienone is 2. The van der Waals surface area contributed by atoms with E-state index in [1.54, 1.807) is 0 Å². The van der Waals surface area contributed by atoms with E-state index in [2.05, 4.69) is 13.0 Å². The van der Waals surface area contributed by atoms with E-state index in [-0.39, 0.29) is 23.9 Å². The van der Waals surface area contributed by atoms with E-state index >= 15 is 0 Å². The first-order valence-corrected chi connectivity index (χ1v) is 6.70. The second kappa shape index (κ2) is 5.27. The number of esters is 1. The molecule has 1 N–H and O–H groups in total. The van der Waals surface area contributed by atoms with Crippen molar-refractivity contribution in [2.24, 2.45) is 11.8 Å². The topological polar surface area (TPSA) is 46.5 Å². The lowest BCUT2D eigenvalue weighted by Crippen LogP contribution is -2.31. The predicted molar refractivity (Wildman–Crippen MR) is 69.9 cm³/mol. The van der Waals surface area contributed by atoms with Gasteiger partial charge in [0.25, 0.3) is 0 Å². The Hall–Kier alpha value is -1.09. The van der Waals surface area contributed by atoms with E-state index in [0.29, 0.717) is 6.42 Å². The molecule has 1 aliphatic heterocycles. The largest absolute Gasteiger partial charge is 0.457 e. The average Bonchev–Trinajstić information content (AvgIpc) is 2.53. The molecule has 0 unspecified atom stereocenters. The average molecular weight is 250 g/mol. The van der Waals surface area contributed by atoms with Crippen LogP contribution in [0.4, 0.5) is 0 Å². The molecule has 0 aromatic rings. The summed E-state index contributed by atoms with van der Waals surface area (Å²) in [5.41, 5.74) is 2.42. The summed E-state index contributed by atoms with van der Waals surface area (Å²) >= 11 is 0. The molecule has 0 spiro atoms. The SMILES string of the molecule is C/C1=C\[C@H]2OC(=O)[C@@H](C)[C@@H]2[C@@H](O)C/C(C)=C/CC1.